The molecule has 2 heterocycles. The van der Waals surface area contributed by atoms with Crippen molar-refractivity contribution in [2.45, 2.75) is 0 Å². The van der Waals surface area contributed by atoms with E-state index in [0.29, 0.717) is 17.5 Å². The highest BCUT2D eigenvalue weighted by molar-refractivity contribution is 6.09. The first kappa shape index (κ1) is 28.6. The molecule has 4 nitrogen and oxygen atoms in total. The Morgan fingerprint density at radius 3 is 1.31 bits per heavy atom. The van der Waals surface area contributed by atoms with Crippen LogP contribution in [0.4, 0.5) is 0 Å². The van der Waals surface area contributed by atoms with Gasteiger partial charge in [-0.15, -0.1) is 0 Å². The second-order valence-corrected chi connectivity index (χ2v) is 12.1. The molecule has 0 fully saturated rings. The van der Waals surface area contributed by atoms with Crippen molar-refractivity contribution in [3.05, 3.63) is 182 Å². The maximum atomic E-state index is 5.19. The topological polar surface area (TPSA) is 43.6 Å². The molecule has 0 saturated carbocycles. The van der Waals surface area contributed by atoms with Crippen molar-refractivity contribution in [1.82, 2.24) is 19.5 Å². The number of aromatic nitrogens is 4. The van der Waals surface area contributed by atoms with Gasteiger partial charge in [-0.05, 0) is 52.6 Å². The summed E-state index contributed by atoms with van der Waals surface area (Å²) in [5.74, 6) is 1.88. The van der Waals surface area contributed by atoms with E-state index in [4.69, 9.17) is 15.0 Å². The monoisotopic (exact) mass is 626 g/mol. The van der Waals surface area contributed by atoms with Crippen LogP contribution < -0.4 is 0 Å². The molecule has 0 radical (unpaired) electrons. The number of para-hydroxylation sites is 2. The van der Waals surface area contributed by atoms with Gasteiger partial charge in [-0.25, -0.2) is 15.0 Å². The van der Waals surface area contributed by atoms with Crippen molar-refractivity contribution >= 4 is 21.8 Å². The zero-order valence-electron chi connectivity index (χ0n) is 26.6. The van der Waals surface area contributed by atoms with E-state index >= 15 is 0 Å². The lowest BCUT2D eigenvalue weighted by Gasteiger charge is -2.16. The smallest absolute Gasteiger partial charge is 0.166 e. The molecule has 0 saturated heterocycles. The molecule has 0 aliphatic carbocycles. The van der Waals surface area contributed by atoms with Gasteiger partial charge in [0, 0.05) is 27.5 Å². The summed E-state index contributed by atoms with van der Waals surface area (Å²) in [4.78, 5) is 15.4. The molecule has 230 valence electrons. The standard InChI is InChI=1S/C45H30N4/c1-4-15-31(16-5-1)34-21-14-22-35(29-34)36-27-28-42(49-40-25-12-10-23-37(40)38-24-11-13-26-41(38)49)39(30-36)45-47-43(32-17-6-2-7-18-32)46-44(48-45)33-19-8-3-9-20-33/h1-30H. The Kier molecular flexibility index (Phi) is 7.10. The summed E-state index contributed by atoms with van der Waals surface area (Å²) >= 11 is 0. The molecule has 0 atom stereocenters. The van der Waals surface area contributed by atoms with Crippen LogP contribution in [0.5, 0.6) is 0 Å². The van der Waals surface area contributed by atoms with E-state index in [1.54, 1.807) is 0 Å². The van der Waals surface area contributed by atoms with Gasteiger partial charge in [0.05, 0.1) is 16.7 Å². The third-order valence-electron chi connectivity index (χ3n) is 9.06. The summed E-state index contributed by atoms with van der Waals surface area (Å²) in [5.41, 5.74) is 10.6. The fourth-order valence-corrected chi connectivity index (χ4v) is 6.71. The van der Waals surface area contributed by atoms with Gasteiger partial charge in [-0.3, -0.25) is 0 Å². The Hall–Kier alpha value is -6.65. The first-order valence-corrected chi connectivity index (χ1v) is 16.5. The van der Waals surface area contributed by atoms with Gasteiger partial charge in [-0.1, -0.05) is 152 Å². The first-order valence-electron chi connectivity index (χ1n) is 16.5. The lowest BCUT2D eigenvalue weighted by atomic mass is 9.97. The third-order valence-corrected chi connectivity index (χ3v) is 9.06. The molecule has 2 aromatic heterocycles. The predicted molar refractivity (Wildman–Crippen MR) is 201 cm³/mol. The van der Waals surface area contributed by atoms with Crippen LogP contribution in [0.3, 0.4) is 0 Å². The average Bonchev–Trinajstić information content (AvgIpc) is 3.53. The maximum Gasteiger partial charge on any atom is 0.166 e. The van der Waals surface area contributed by atoms with Crippen molar-refractivity contribution in [3.63, 3.8) is 0 Å². The van der Waals surface area contributed by atoms with Crippen LogP contribution in [0.25, 0.3) is 83.9 Å². The second kappa shape index (κ2) is 12.2. The largest absolute Gasteiger partial charge is 0.309 e. The highest BCUT2D eigenvalue weighted by atomic mass is 15.1. The van der Waals surface area contributed by atoms with E-state index < -0.39 is 0 Å². The van der Waals surface area contributed by atoms with Crippen LogP contribution in [-0.2, 0) is 0 Å². The Morgan fingerprint density at radius 1 is 0.306 bits per heavy atom. The van der Waals surface area contributed by atoms with E-state index in [-0.39, 0.29) is 0 Å². The van der Waals surface area contributed by atoms with Crippen molar-refractivity contribution < 1.29 is 0 Å². The van der Waals surface area contributed by atoms with Gasteiger partial charge in [0.25, 0.3) is 0 Å². The molecule has 0 N–H and O–H groups in total. The zero-order valence-corrected chi connectivity index (χ0v) is 26.6. The highest BCUT2D eigenvalue weighted by Crippen LogP contribution is 2.38. The van der Waals surface area contributed by atoms with Gasteiger partial charge in [0.2, 0.25) is 0 Å². The molecule has 9 aromatic rings. The van der Waals surface area contributed by atoms with Crippen LogP contribution in [0.15, 0.2) is 182 Å². The number of rotatable bonds is 6. The number of nitrogens with zero attached hydrogens (tertiary/aromatic N) is 4. The average molecular weight is 627 g/mol. The lowest BCUT2D eigenvalue weighted by molar-refractivity contribution is 1.06. The molecule has 4 heteroatoms. The normalized spacial score (nSPS) is 11.3. The minimum absolute atomic E-state index is 0.616. The fourth-order valence-electron chi connectivity index (χ4n) is 6.71. The van der Waals surface area contributed by atoms with E-state index in [1.807, 2.05) is 60.7 Å². The SMILES string of the molecule is c1ccc(-c2cccc(-c3ccc(-n4c5ccccc5c5ccccc54)c(-c4nc(-c5ccccc5)nc(-c5ccccc5)n4)c3)c2)cc1. The van der Waals surface area contributed by atoms with Crippen LogP contribution in [0.2, 0.25) is 0 Å². The molecular formula is C45H30N4. The van der Waals surface area contributed by atoms with Crippen molar-refractivity contribution in [2.24, 2.45) is 0 Å². The van der Waals surface area contributed by atoms with Crippen molar-refractivity contribution in [3.8, 4) is 62.1 Å². The van der Waals surface area contributed by atoms with E-state index in [2.05, 4.69) is 126 Å². The molecule has 7 aromatic carbocycles. The third kappa shape index (κ3) is 5.26. The summed E-state index contributed by atoms with van der Waals surface area (Å²) in [7, 11) is 0. The van der Waals surface area contributed by atoms with E-state index in [0.717, 1.165) is 44.5 Å². The molecule has 0 unspecified atom stereocenters. The number of fused-ring (bicyclic) bond motifs is 3. The first-order chi connectivity index (χ1) is 24.3. The number of hydrogen-bond donors (Lipinski definition) is 0. The number of hydrogen-bond acceptors (Lipinski definition) is 3. The molecule has 9 rings (SSSR count). The van der Waals surface area contributed by atoms with Crippen LogP contribution in [0.1, 0.15) is 0 Å². The maximum absolute atomic E-state index is 5.19. The Labute approximate surface area is 284 Å². The lowest BCUT2D eigenvalue weighted by Crippen LogP contribution is -2.04. The molecule has 0 amide bonds. The summed E-state index contributed by atoms with van der Waals surface area (Å²) < 4.78 is 2.35. The molecule has 0 aliphatic heterocycles. The molecular weight excluding hydrogens is 597 g/mol. The summed E-state index contributed by atoms with van der Waals surface area (Å²) in [6.45, 7) is 0. The zero-order chi connectivity index (χ0) is 32.6. The van der Waals surface area contributed by atoms with E-state index in [1.165, 1.54) is 21.9 Å². The molecule has 0 spiro atoms. The second-order valence-electron chi connectivity index (χ2n) is 12.1. The Balaban J connectivity index is 1.33. The minimum Gasteiger partial charge on any atom is -0.309 e. The molecule has 0 bridgehead atoms. The Morgan fingerprint density at radius 2 is 0.735 bits per heavy atom. The summed E-state index contributed by atoms with van der Waals surface area (Å²) in [6.07, 6.45) is 0. The van der Waals surface area contributed by atoms with Gasteiger partial charge < -0.3 is 4.57 Å². The van der Waals surface area contributed by atoms with Crippen LogP contribution in [-0.4, -0.2) is 19.5 Å². The van der Waals surface area contributed by atoms with Crippen molar-refractivity contribution in [2.75, 3.05) is 0 Å². The minimum atomic E-state index is 0.616. The van der Waals surface area contributed by atoms with Gasteiger partial charge in [-0.2, -0.15) is 0 Å². The van der Waals surface area contributed by atoms with E-state index in [9.17, 15) is 0 Å². The van der Waals surface area contributed by atoms with Crippen molar-refractivity contribution in [1.29, 1.82) is 0 Å². The Bertz CT molecular complexity index is 2480. The van der Waals surface area contributed by atoms with Crippen LogP contribution >= 0.6 is 0 Å². The molecule has 49 heavy (non-hydrogen) atoms. The molecule has 0 aliphatic rings. The highest BCUT2D eigenvalue weighted by Gasteiger charge is 2.20. The van der Waals surface area contributed by atoms with Gasteiger partial charge in [0.1, 0.15) is 0 Å². The number of benzene rings is 7. The quantitative estimate of drug-likeness (QED) is 0.184. The van der Waals surface area contributed by atoms with Crippen LogP contribution in [0, 0.1) is 0 Å². The van der Waals surface area contributed by atoms with Gasteiger partial charge >= 0.3 is 0 Å². The fraction of sp³-hybridized carbons (Fsp3) is 0. The summed E-state index contributed by atoms with van der Waals surface area (Å²) in [6, 6.07) is 63.4. The summed E-state index contributed by atoms with van der Waals surface area (Å²) in [5, 5.41) is 2.41. The predicted octanol–water partition coefficient (Wildman–Crippen LogP) is 11.3. The van der Waals surface area contributed by atoms with Gasteiger partial charge in [0.15, 0.2) is 17.5 Å².